The lowest BCUT2D eigenvalue weighted by atomic mass is 10.4. The van der Waals surface area contributed by atoms with Gasteiger partial charge in [0, 0.05) is 0 Å². The van der Waals surface area contributed by atoms with Gasteiger partial charge in [0.25, 0.3) is 0 Å². The molecule has 1 aromatic rings. The van der Waals surface area contributed by atoms with Gasteiger partial charge in [0.15, 0.2) is 0 Å². The molecule has 82 valence electrons. The van der Waals surface area contributed by atoms with Crippen LogP contribution in [-0.2, 0) is 0 Å². The first-order valence-corrected chi connectivity index (χ1v) is 9.86. The number of nitriles is 1. The molecule has 0 fully saturated rings. The summed E-state index contributed by atoms with van der Waals surface area (Å²) in [6, 6.07) is 2.18. The number of rotatable bonds is 4. The van der Waals surface area contributed by atoms with Crippen LogP contribution >= 0.6 is 23.3 Å². The fraction of sp³-hybridized carbons (Fsp3) is 0.556. The molecule has 0 atom stereocenters. The maximum atomic E-state index is 9.05. The third-order valence-electron chi connectivity index (χ3n) is 1.42. The molecule has 0 unspecified atom stereocenters. The maximum Gasteiger partial charge on any atom is 0.244 e. The van der Waals surface area contributed by atoms with Gasteiger partial charge in [-0.2, -0.15) is 9.64 Å². The largest absolute Gasteiger partial charge is 0.530 e. The van der Waals surface area contributed by atoms with Crippen LogP contribution in [0.2, 0.25) is 19.6 Å². The molecule has 1 rings (SSSR count). The Labute approximate surface area is 99.8 Å². The van der Waals surface area contributed by atoms with Crippen LogP contribution in [0.5, 0.6) is 5.88 Å². The summed E-state index contributed by atoms with van der Waals surface area (Å²) in [6.45, 7) is 8.31. The second-order valence-corrected chi connectivity index (χ2v) is 10.6. The first kappa shape index (κ1) is 12.6. The van der Waals surface area contributed by atoms with Gasteiger partial charge in [-0.3, -0.25) is 0 Å². The van der Waals surface area contributed by atoms with Gasteiger partial charge < -0.3 is 4.43 Å². The maximum absolute atomic E-state index is 9.05. The third kappa shape index (κ3) is 3.52. The highest BCUT2D eigenvalue weighted by Crippen LogP contribution is 2.34. The molecule has 0 saturated heterocycles. The summed E-state index contributed by atoms with van der Waals surface area (Å²) in [5.74, 6) is 1.47. The van der Waals surface area contributed by atoms with Crippen LogP contribution < -0.4 is 4.43 Å². The van der Waals surface area contributed by atoms with Gasteiger partial charge in [-0.15, -0.1) is 11.8 Å². The van der Waals surface area contributed by atoms with Crippen LogP contribution in [0.25, 0.3) is 0 Å². The minimum Gasteiger partial charge on any atom is -0.530 e. The summed E-state index contributed by atoms with van der Waals surface area (Å²) >= 11 is 3.00. The number of thioether (sulfide) groups is 1. The van der Waals surface area contributed by atoms with Crippen molar-refractivity contribution < 1.29 is 4.43 Å². The summed E-state index contributed by atoms with van der Waals surface area (Å²) in [6.07, 6.45) is 0. The van der Waals surface area contributed by atoms with Crippen molar-refractivity contribution in [3.63, 3.8) is 0 Å². The first-order chi connectivity index (χ1) is 6.98. The summed E-state index contributed by atoms with van der Waals surface area (Å²) < 4.78 is 10.9. The minimum atomic E-state index is -1.67. The van der Waals surface area contributed by atoms with Gasteiger partial charge in [-0.25, -0.2) is 0 Å². The van der Waals surface area contributed by atoms with Crippen molar-refractivity contribution in [3.8, 4) is 11.9 Å². The predicted octanol–water partition coefficient (Wildman–Crippen LogP) is 3.34. The number of hydrogen-bond acceptors (Lipinski definition) is 5. The summed E-state index contributed by atoms with van der Waals surface area (Å²) in [5.41, 5.74) is 0.606. The smallest absolute Gasteiger partial charge is 0.244 e. The molecule has 6 heteroatoms. The van der Waals surface area contributed by atoms with Gasteiger partial charge in [0.05, 0.1) is 0 Å². The highest BCUT2D eigenvalue weighted by Gasteiger charge is 2.22. The average molecular weight is 258 g/mol. The highest BCUT2D eigenvalue weighted by molar-refractivity contribution is 8.01. The fourth-order valence-electron chi connectivity index (χ4n) is 0.944. The molecule has 0 spiro atoms. The summed E-state index contributed by atoms with van der Waals surface area (Å²) in [4.78, 5) is 0. The van der Waals surface area contributed by atoms with Crippen molar-refractivity contribution in [1.29, 1.82) is 5.26 Å². The third-order valence-corrected chi connectivity index (χ3v) is 4.18. The second-order valence-electron chi connectivity index (χ2n) is 3.91. The van der Waals surface area contributed by atoms with Gasteiger partial charge in [0.2, 0.25) is 14.2 Å². The van der Waals surface area contributed by atoms with Crippen molar-refractivity contribution in [2.24, 2.45) is 0 Å². The Morgan fingerprint density at radius 2 is 2.20 bits per heavy atom. The lowest BCUT2D eigenvalue weighted by Crippen LogP contribution is -2.29. The van der Waals surface area contributed by atoms with E-state index in [4.69, 9.17) is 9.69 Å². The first-order valence-electron chi connectivity index (χ1n) is 4.69. The van der Waals surface area contributed by atoms with Crippen LogP contribution in [0.3, 0.4) is 0 Å². The second kappa shape index (κ2) is 5.01. The Morgan fingerprint density at radius 1 is 1.53 bits per heavy atom. The topological polar surface area (TPSA) is 45.9 Å². The van der Waals surface area contributed by atoms with Crippen LogP contribution in [-0.4, -0.2) is 18.4 Å². The van der Waals surface area contributed by atoms with Gasteiger partial charge in [-0.05, 0) is 36.9 Å². The Balaban J connectivity index is 2.95. The van der Waals surface area contributed by atoms with Crippen molar-refractivity contribution in [3.05, 3.63) is 5.56 Å². The lowest BCUT2D eigenvalue weighted by Gasteiger charge is -2.16. The van der Waals surface area contributed by atoms with E-state index in [0.29, 0.717) is 11.4 Å². The molecule has 0 aromatic carbocycles. The van der Waals surface area contributed by atoms with E-state index in [1.165, 1.54) is 11.5 Å². The molecule has 1 heterocycles. The van der Waals surface area contributed by atoms with Gasteiger partial charge in [-0.1, -0.05) is 6.92 Å². The Hall–Kier alpha value is -0.513. The number of aromatic nitrogens is 1. The zero-order valence-corrected chi connectivity index (χ0v) is 12.0. The molecule has 15 heavy (non-hydrogen) atoms. The summed E-state index contributed by atoms with van der Waals surface area (Å²) in [5, 5.41) is 9.05. The number of hydrogen-bond donors (Lipinski definition) is 0. The summed E-state index contributed by atoms with van der Waals surface area (Å²) in [7, 11) is -1.67. The monoisotopic (exact) mass is 258 g/mol. The predicted molar refractivity (Wildman–Crippen MR) is 67.2 cm³/mol. The van der Waals surface area contributed by atoms with Crippen LogP contribution in [0.15, 0.2) is 4.21 Å². The van der Waals surface area contributed by atoms with Crippen LogP contribution in [0.4, 0.5) is 0 Å². The quantitative estimate of drug-likeness (QED) is 0.614. The van der Waals surface area contributed by atoms with Crippen molar-refractivity contribution in [2.45, 2.75) is 30.8 Å². The molecular formula is C9H14N2OS2Si. The van der Waals surface area contributed by atoms with E-state index < -0.39 is 8.32 Å². The van der Waals surface area contributed by atoms with E-state index in [1.807, 2.05) is 0 Å². The molecule has 0 N–H and O–H groups in total. The molecule has 1 aromatic heterocycles. The molecule has 0 aliphatic heterocycles. The Bertz CT molecular complexity index is 378. The highest BCUT2D eigenvalue weighted by atomic mass is 32.2. The molecular weight excluding hydrogens is 244 g/mol. The van der Waals surface area contributed by atoms with E-state index in [0.717, 1.165) is 9.96 Å². The Kier molecular flexibility index (Phi) is 4.19. The van der Waals surface area contributed by atoms with Crippen LogP contribution in [0.1, 0.15) is 12.5 Å². The standard InChI is InChI=1S/C9H14N2OS2Si/c1-5-13-9-7(6-10)8(11-14-9)12-15(2,3)4/h5H2,1-4H3. The van der Waals surface area contributed by atoms with Gasteiger partial charge >= 0.3 is 0 Å². The number of nitrogens with zero attached hydrogens (tertiary/aromatic N) is 2. The average Bonchev–Trinajstić information content (AvgIpc) is 2.45. The minimum absolute atomic E-state index is 0.526. The normalized spacial score (nSPS) is 11.1. The van der Waals surface area contributed by atoms with Crippen molar-refractivity contribution >= 4 is 31.6 Å². The molecule has 0 aliphatic carbocycles. The van der Waals surface area contributed by atoms with Crippen molar-refractivity contribution in [2.75, 3.05) is 5.75 Å². The molecule has 0 radical (unpaired) electrons. The Morgan fingerprint density at radius 3 is 2.67 bits per heavy atom. The van der Waals surface area contributed by atoms with E-state index >= 15 is 0 Å². The zero-order chi connectivity index (χ0) is 11.5. The molecule has 0 amide bonds. The molecule has 0 bridgehead atoms. The van der Waals surface area contributed by atoms with Crippen molar-refractivity contribution in [1.82, 2.24) is 4.37 Å². The lowest BCUT2D eigenvalue weighted by molar-refractivity contribution is 0.539. The molecule has 0 saturated carbocycles. The molecule has 3 nitrogen and oxygen atoms in total. The van der Waals surface area contributed by atoms with Crippen LogP contribution in [0, 0.1) is 11.3 Å². The fourth-order valence-corrected chi connectivity index (χ4v) is 3.47. The van der Waals surface area contributed by atoms with E-state index in [2.05, 4.69) is 37.0 Å². The SMILES string of the molecule is CCSc1snc(O[Si](C)(C)C)c1C#N. The van der Waals surface area contributed by atoms with E-state index in [-0.39, 0.29) is 0 Å². The zero-order valence-electron chi connectivity index (χ0n) is 9.33. The molecule has 0 aliphatic rings. The van der Waals surface area contributed by atoms with E-state index in [1.54, 1.807) is 11.8 Å². The van der Waals surface area contributed by atoms with E-state index in [9.17, 15) is 0 Å². The van der Waals surface area contributed by atoms with Gasteiger partial charge in [0.1, 0.15) is 15.8 Å².